The maximum absolute atomic E-state index is 11.0. The summed E-state index contributed by atoms with van der Waals surface area (Å²) in [5, 5.41) is 0.731. The zero-order chi connectivity index (χ0) is 9.14. The van der Waals surface area contributed by atoms with Crippen molar-refractivity contribution in [2.24, 2.45) is 0 Å². The molecule has 1 rings (SSSR count). The molecule has 12 heavy (non-hydrogen) atoms. The second kappa shape index (κ2) is 3.92. The summed E-state index contributed by atoms with van der Waals surface area (Å²) in [4.78, 5) is 22.0. The van der Waals surface area contributed by atoms with E-state index in [-0.39, 0.29) is 0 Å². The van der Waals surface area contributed by atoms with E-state index in [0.29, 0.717) is 6.42 Å². The van der Waals surface area contributed by atoms with Crippen LogP contribution in [0.4, 0.5) is 0 Å². The van der Waals surface area contributed by atoms with Crippen LogP contribution in [0.25, 0.3) is 0 Å². The van der Waals surface area contributed by atoms with Crippen molar-refractivity contribution in [3.05, 3.63) is 0 Å². The molecule has 1 heterocycles. The quantitative estimate of drug-likeness (QED) is 0.482. The number of esters is 2. The van der Waals surface area contributed by atoms with Gasteiger partial charge < -0.3 is 0 Å². The van der Waals surface area contributed by atoms with Gasteiger partial charge in [-0.15, -0.1) is 0 Å². The van der Waals surface area contributed by atoms with Crippen LogP contribution >= 0.6 is 0 Å². The number of carbonyl (C=O) groups excluding carboxylic acids is 2. The van der Waals surface area contributed by atoms with Gasteiger partial charge in [0.25, 0.3) is 0 Å². The van der Waals surface area contributed by atoms with Gasteiger partial charge in [0.05, 0.1) is 0 Å². The second-order valence-electron chi connectivity index (χ2n) is 2.52. The van der Waals surface area contributed by atoms with Crippen molar-refractivity contribution >= 4 is 28.0 Å². The summed E-state index contributed by atoms with van der Waals surface area (Å²) in [5.74, 6) is -0.895. The predicted molar refractivity (Wildman–Crippen MR) is 42.0 cm³/mol. The summed E-state index contributed by atoms with van der Waals surface area (Å²) in [6.07, 6.45) is -0.936. The van der Waals surface area contributed by atoms with Crippen molar-refractivity contribution in [1.29, 1.82) is 0 Å². The molecule has 0 unspecified atom stereocenters. The summed E-state index contributed by atoms with van der Waals surface area (Å²) in [6.45, 7) is 1.50. The second-order valence-corrected chi connectivity index (χ2v) is 3.46. The van der Waals surface area contributed by atoms with E-state index in [4.69, 9.17) is 9.47 Å². The summed E-state index contributed by atoms with van der Waals surface area (Å²) < 4.78 is 9.57. The van der Waals surface area contributed by atoms with Crippen LogP contribution in [0.3, 0.4) is 0 Å². The van der Waals surface area contributed by atoms with Crippen LogP contribution in [0, 0.1) is 0 Å². The summed E-state index contributed by atoms with van der Waals surface area (Å²) in [6, 6.07) is 0. The molecule has 1 fully saturated rings. The van der Waals surface area contributed by atoms with E-state index in [0.717, 1.165) is 5.32 Å². The molecule has 1 saturated heterocycles. The minimum atomic E-state index is -0.750. The Balaban J connectivity index is 2.55. The monoisotopic (exact) mass is 238 g/mol. The molecule has 0 bridgehead atoms. The first-order valence-corrected chi connectivity index (χ1v) is 4.99. The van der Waals surface area contributed by atoms with Crippen LogP contribution in [0.5, 0.6) is 0 Å². The normalized spacial score (nSPS) is 29.5. The molecule has 68 valence electrons. The fraction of sp³-hybridized carbons (Fsp3) is 0.714. The molecule has 0 saturated carbocycles. The zero-order valence-corrected chi connectivity index (χ0v) is 8.53. The third kappa shape index (κ3) is 1.99. The van der Waals surface area contributed by atoms with Crippen LogP contribution in [0.2, 0.25) is 5.32 Å². The number of cyclic esters (lactones) is 2. The van der Waals surface area contributed by atoms with Crippen molar-refractivity contribution in [3.8, 4) is 0 Å². The van der Waals surface area contributed by atoms with Gasteiger partial charge >= 0.3 is 77.9 Å². The summed E-state index contributed by atoms with van der Waals surface area (Å²) in [7, 11) is 0. The van der Waals surface area contributed by atoms with Gasteiger partial charge in [-0.05, 0) is 0 Å². The molecule has 1 aliphatic heterocycles. The van der Waals surface area contributed by atoms with E-state index in [1.165, 1.54) is 6.92 Å². The van der Waals surface area contributed by atoms with Crippen molar-refractivity contribution in [1.82, 2.24) is 0 Å². The molecule has 0 aromatic carbocycles. The molecule has 1 aliphatic rings. The van der Waals surface area contributed by atoms with Gasteiger partial charge in [-0.3, -0.25) is 0 Å². The van der Waals surface area contributed by atoms with Crippen LogP contribution < -0.4 is 0 Å². The van der Waals surface area contributed by atoms with Gasteiger partial charge in [0.2, 0.25) is 0 Å². The van der Waals surface area contributed by atoms with Crippen molar-refractivity contribution in [3.63, 3.8) is 0 Å². The Bertz CT molecular complexity index is 204. The molecule has 0 spiro atoms. The Labute approximate surface area is 78.4 Å². The Morgan fingerprint density at radius 1 is 1.33 bits per heavy atom. The van der Waals surface area contributed by atoms with E-state index in [9.17, 15) is 9.59 Å². The van der Waals surface area contributed by atoms with E-state index in [2.05, 4.69) is 16.0 Å². The average molecular weight is 237 g/mol. The van der Waals surface area contributed by atoms with Crippen LogP contribution in [-0.2, 0) is 19.1 Å². The molecule has 0 N–H and O–H groups in total. The first kappa shape index (κ1) is 9.55. The van der Waals surface area contributed by atoms with Gasteiger partial charge in [-0.1, -0.05) is 0 Å². The Kier molecular flexibility index (Phi) is 3.12. The minimum absolute atomic E-state index is 0.437. The van der Waals surface area contributed by atoms with Crippen molar-refractivity contribution in [2.45, 2.75) is 30.9 Å². The molecule has 0 aromatic rings. The van der Waals surface area contributed by atoms with Gasteiger partial charge in [0, 0.05) is 0 Å². The number of ether oxygens (including phenoxy) is 2. The van der Waals surface area contributed by atoms with Gasteiger partial charge in [0.15, 0.2) is 0 Å². The van der Waals surface area contributed by atoms with Crippen molar-refractivity contribution < 1.29 is 19.1 Å². The topological polar surface area (TPSA) is 52.6 Å². The number of hydrogen-bond acceptors (Lipinski definition) is 4. The Hall–Kier alpha value is -0.541. The third-order valence-corrected chi connectivity index (χ3v) is 2.08. The van der Waals surface area contributed by atoms with Gasteiger partial charge in [0.1, 0.15) is 0 Å². The Morgan fingerprint density at radius 2 is 2.00 bits per heavy atom. The fourth-order valence-corrected chi connectivity index (χ4v) is 1.37. The molecule has 2 atom stereocenters. The van der Waals surface area contributed by atoms with Crippen LogP contribution in [0.15, 0.2) is 0 Å². The van der Waals surface area contributed by atoms with Crippen LogP contribution in [0.1, 0.15) is 13.3 Å². The van der Waals surface area contributed by atoms with Gasteiger partial charge in [-0.2, -0.15) is 0 Å². The molecule has 4 nitrogen and oxygen atoms in total. The molecule has 0 aromatic heterocycles. The third-order valence-electron chi connectivity index (χ3n) is 1.54. The van der Waals surface area contributed by atoms with E-state index >= 15 is 0 Å². The van der Waals surface area contributed by atoms with Gasteiger partial charge in [-0.25, -0.2) is 0 Å². The number of carbonyl (C=O) groups is 2. The Morgan fingerprint density at radius 3 is 2.58 bits per heavy atom. The SMILES string of the molecule is C[C@H]1OC(=O)[C@@H](CC[SeH])OC1=O. The van der Waals surface area contributed by atoms with E-state index in [1.807, 2.05) is 0 Å². The predicted octanol–water partition coefficient (Wildman–Crippen LogP) is -0.447. The fourth-order valence-electron chi connectivity index (χ4n) is 0.876. The zero-order valence-electron chi connectivity index (χ0n) is 6.65. The first-order valence-electron chi connectivity index (χ1n) is 3.67. The molecule has 0 aliphatic carbocycles. The summed E-state index contributed by atoms with van der Waals surface area (Å²) >= 11 is 2.33. The number of hydrogen-bond donors (Lipinski definition) is 0. The van der Waals surface area contributed by atoms with E-state index < -0.39 is 24.1 Å². The van der Waals surface area contributed by atoms with E-state index in [1.54, 1.807) is 0 Å². The van der Waals surface area contributed by atoms with Crippen LogP contribution in [-0.4, -0.2) is 40.2 Å². The molecule has 5 heteroatoms. The average Bonchev–Trinajstić information content (AvgIpc) is 2.01. The van der Waals surface area contributed by atoms with Crippen molar-refractivity contribution in [2.75, 3.05) is 0 Å². The maximum atomic E-state index is 11.0. The molecular weight excluding hydrogens is 227 g/mol. The molecular formula is C7H10O4Se. The molecule has 0 amide bonds. The summed E-state index contributed by atoms with van der Waals surface area (Å²) in [5.41, 5.74) is 0. The number of rotatable bonds is 2. The molecule has 0 radical (unpaired) electrons. The standard InChI is InChI=1S/C7H10O4Se/c1-4-6(8)11-5(2-3-12)7(9)10-4/h4-5,12H,2-3H2,1H3/t4-,5-/m1/s1. The first-order chi connectivity index (χ1) is 5.65.